The molecule has 2 unspecified atom stereocenters. The number of anilines is 1. The second-order valence-corrected chi connectivity index (χ2v) is 11.5. The molecule has 0 spiro atoms. The Kier molecular flexibility index (Phi) is 8.34. The number of aromatic nitrogens is 1. The van der Waals surface area contributed by atoms with Crippen LogP contribution in [0.4, 0.5) is 5.69 Å². The smallest absolute Gasteiger partial charge is 0.237 e. The van der Waals surface area contributed by atoms with Crippen molar-refractivity contribution in [3.63, 3.8) is 0 Å². The van der Waals surface area contributed by atoms with E-state index in [4.69, 9.17) is 0 Å². The molecule has 5 rings (SSSR count). The number of hydrogen-bond donors (Lipinski definition) is 0. The van der Waals surface area contributed by atoms with Crippen LogP contribution in [0, 0.1) is 0 Å². The molecule has 2 aromatic rings. The summed E-state index contributed by atoms with van der Waals surface area (Å²) in [6.07, 6.45) is 9.79. The summed E-state index contributed by atoms with van der Waals surface area (Å²) in [6.45, 7) is 6.94. The Morgan fingerprint density at radius 2 is 1.81 bits per heavy atom. The molecule has 3 aliphatic rings. The molecule has 7 nitrogen and oxygen atoms in total. The molecule has 1 aromatic heterocycles. The van der Waals surface area contributed by atoms with Crippen molar-refractivity contribution in [3.05, 3.63) is 46.4 Å². The van der Waals surface area contributed by atoms with Gasteiger partial charge >= 0.3 is 0 Å². The Bertz CT molecular complexity index is 1020. The summed E-state index contributed by atoms with van der Waals surface area (Å²) in [5, 5.41) is 3.17. The molecule has 1 aromatic carbocycles. The fourth-order valence-corrected chi connectivity index (χ4v) is 6.85. The molecule has 0 aliphatic carbocycles. The molecule has 4 heterocycles. The van der Waals surface area contributed by atoms with Crippen LogP contribution in [-0.2, 0) is 22.7 Å². The first-order valence-electron chi connectivity index (χ1n) is 13.6. The maximum atomic E-state index is 13.8. The second-order valence-electron chi connectivity index (χ2n) is 10.5. The van der Waals surface area contributed by atoms with E-state index in [1.165, 1.54) is 19.3 Å². The molecule has 3 aliphatic heterocycles. The van der Waals surface area contributed by atoms with Gasteiger partial charge in [-0.3, -0.25) is 19.4 Å². The van der Waals surface area contributed by atoms with Crippen molar-refractivity contribution in [2.75, 3.05) is 37.6 Å². The van der Waals surface area contributed by atoms with Gasteiger partial charge in [0, 0.05) is 55.9 Å². The van der Waals surface area contributed by atoms with E-state index in [0.717, 1.165) is 68.1 Å². The molecule has 194 valence electrons. The van der Waals surface area contributed by atoms with Gasteiger partial charge in [-0.2, -0.15) is 0 Å². The van der Waals surface area contributed by atoms with Crippen LogP contribution in [0.15, 0.2) is 35.8 Å². The quantitative estimate of drug-likeness (QED) is 0.620. The van der Waals surface area contributed by atoms with E-state index in [1.807, 2.05) is 34.7 Å². The first-order valence-corrected chi connectivity index (χ1v) is 14.5. The Hall–Kier alpha value is -2.29. The number of fused-ring (bicyclic) bond motifs is 3. The molecule has 36 heavy (non-hydrogen) atoms. The number of para-hydroxylation sites is 1. The van der Waals surface area contributed by atoms with Crippen LogP contribution in [0.1, 0.15) is 62.4 Å². The highest BCUT2D eigenvalue weighted by Crippen LogP contribution is 2.32. The molecular weight excluding hydrogens is 470 g/mol. The van der Waals surface area contributed by atoms with E-state index in [2.05, 4.69) is 25.8 Å². The Morgan fingerprint density at radius 1 is 1.00 bits per heavy atom. The summed E-state index contributed by atoms with van der Waals surface area (Å²) < 4.78 is 0. The third-order valence-electron chi connectivity index (χ3n) is 8.12. The average molecular weight is 510 g/mol. The summed E-state index contributed by atoms with van der Waals surface area (Å²) in [6, 6.07) is 8.83. The van der Waals surface area contributed by atoms with Gasteiger partial charge in [0.1, 0.15) is 5.01 Å². The first-order chi connectivity index (χ1) is 17.6. The van der Waals surface area contributed by atoms with Crippen LogP contribution in [0.5, 0.6) is 0 Å². The highest BCUT2D eigenvalue weighted by molar-refractivity contribution is 7.09. The number of piperidine rings is 2. The molecule has 2 fully saturated rings. The van der Waals surface area contributed by atoms with Crippen LogP contribution in [0.2, 0.25) is 0 Å². The number of likely N-dealkylation sites (tertiary alicyclic amines) is 1. The third-order valence-corrected chi connectivity index (χ3v) is 8.88. The number of benzene rings is 1. The molecule has 0 saturated carbocycles. The zero-order valence-electron chi connectivity index (χ0n) is 21.5. The minimum atomic E-state index is 0.0618. The van der Waals surface area contributed by atoms with Crippen molar-refractivity contribution in [3.8, 4) is 0 Å². The number of thiazole rings is 1. The maximum Gasteiger partial charge on any atom is 0.237 e. The van der Waals surface area contributed by atoms with Crippen LogP contribution >= 0.6 is 11.3 Å². The Labute approximate surface area is 219 Å². The van der Waals surface area contributed by atoms with E-state index in [-0.39, 0.29) is 11.8 Å². The molecule has 0 N–H and O–H groups in total. The number of hydrogen-bond acceptors (Lipinski definition) is 6. The number of amides is 2. The monoisotopic (exact) mass is 509 g/mol. The lowest BCUT2D eigenvalue weighted by molar-refractivity contribution is -0.134. The van der Waals surface area contributed by atoms with Crippen molar-refractivity contribution >= 4 is 28.8 Å². The van der Waals surface area contributed by atoms with E-state index < -0.39 is 0 Å². The fraction of sp³-hybridized carbons (Fsp3) is 0.607. The lowest BCUT2D eigenvalue weighted by atomic mass is 9.92. The Balaban J connectivity index is 1.48. The minimum Gasteiger partial charge on any atom is -0.336 e. The van der Waals surface area contributed by atoms with Gasteiger partial charge in [0.15, 0.2) is 0 Å². The molecule has 2 bridgehead atoms. The van der Waals surface area contributed by atoms with Gasteiger partial charge in [0.25, 0.3) is 0 Å². The first kappa shape index (κ1) is 25.4. The predicted molar refractivity (Wildman–Crippen MR) is 144 cm³/mol. The zero-order chi connectivity index (χ0) is 24.9. The minimum absolute atomic E-state index is 0.0618. The zero-order valence-corrected chi connectivity index (χ0v) is 22.3. The van der Waals surface area contributed by atoms with Crippen molar-refractivity contribution in [1.29, 1.82) is 0 Å². The highest BCUT2D eigenvalue weighted by Gasteiger charge is 2.35. The van der Waals surface area contributed by atoms with E-state index in [9.17, 15) is 9.59 Å². The van der Waals surface area contributed by atoms with Gasteiger partial charge < -0.3 is 9.80 Å². The van der Waals surface area contributed by atoms with Gasteiger partial charge in [-0.05, 0) is 56.8 Å². The van der Waals surface area contributed by atoms with Gasteiger partial charge in [-0.1, -0.05) is 31.0 Å². The van der Waals surface area contributed by atoms with Crippen LogP contribution in [-0.4, -0.2) is 76.3 Å². The second kappa shape index (κ2) is 11.8. The summed E-state index contributed by atoms with van der Waals surface area (Å²) in [4.78, 5) is 40.1. The topological polar surface area (TPSA) is 60.0 Å². The average Bonchev–Trinajstić information content (AvgIpc) is 3.39. The summed E-state index contributed by atoms with van der Waals surface area (Å²) >= 11 is 1.70. The summed E-state index contributed by atoms with van der Waals surface area (Å²) in [5.41, 5.74) is 2.01. The fourth-order valence-electron chi connectivity index (χ4n) is 6.23. The third kappa shape index (κ3) is 5.98. The molecule has 2 saturated heterocycles. The van der Waals surface area contributed by atoms with Gasteiger partial charge in [-0.15, -0.1) is 11.3 Å². The predicted octanol–water partition coefficient (Wildman–Crippen LogP) is 4.14. The summed E-state index contributed by atoms with van der Waals surface area (Å²) in [7, 11) is 0. The SMILES string of the molecule is CC(=O)N1CCC2CCCC(CN(C(=O)CN3CCCCC3)Cc3ccccc31)N2Cc1nccs1. The van der Waals surface area contributed by atoms with Gasteiger partial charge in [0.05, 0.1) is 13.1 Å². The normalized spacial score (nSPS) is 24.1. The van der Waals surface area contributed by atoms with Crippen molar-refractivity contribution in [2.45, 2.75) is 77.0 Å². The van der Waals surface area contributed by atoms with Crippen molar-refractivity contribution in [2.24, 2.45) is 0 Å². The molecule has 2 atom stereocenters. The molecular formula is C28H39N5O2S. The van der Waals surface area contributed by atoms with Gasteiger partial charge in [-0.25, -0.2) is 4.98 Å². The number of rotatable bonds is 4. The van der Waals surface area contributed by atoms with E-state index >= 15 is 0 Å². The maximum absolute atomic E-state index is 13.8. The Morgan fingerprint density at radius 3 is 2.58 bits per heavy atom. The largest absolute Gasteiger partial charge is 0.336 e. The van der Waals surface area contributed by atoms with Crippen LogP contribution in [0.3, 0.4) is 0 Å². The van der Waals surface area contributed by atoms with Gasteiger partial charge in [0.2, 0.25) is 11.8 Å². The summed E-state index contributed by atoms with van der Waals surface area (Å²) in [5.74, 6) is 0.267. The molecule has 2 amide bonds. The number of carbonyl (C=O) groups excluding carboxylic acids is 2. The number of nitrogens with zero attached hydrogens (tertiary/aromatic N) is 5. The van der Waals surface area contributed by atoms with Crippen molar-refractivity contribution < 1.29 is 9.59 Å². The van der Waals surface area contributed by atoms with Crippen LogP contribution < -0.4 is 4.90 Å². The van der Waals surface area contributed by atoms with Crippen LogP contribution in [0.25, 0.3) is 0 Å². The standard InChI is InChI=1S/C28H39N5O2S/c1-22(34)32-16-12-24-9-7-10-25(33(24)20-27-29-13-17-36-27)19-31(18-23-8-3-4-11-26(23)32)28(35)21-30-14-5-2-6-15-30/h3-4,8,11,13,17,24-25H,2,5-7,9-10,12,14-16,18-21H2,1H3. The lowest BCUT2D eigenvalue weighted by Crippen LogP contribution is -2.53. The van der Waals surface area contributed by atoms with E-state index in [1.54, 1.807) is 18.3 Å². The van der Waals surface area contributed by atoms with Crippen molar-refractivity contribution in [1.82, 2.24) is 19.7 Å². The van der Waals surface area contributed by atoms with E-state index in [0.29, 0.717) is 31.7 Å². The highest BCUT2D eigenvalue weighted by atomic mass is 32.1. The molecule has 8 heteroatoms. The molecule has 0 radical (unpaired) electrons. The lowest BCUT2D eigenvalue weighted by Gasteiger charge is -2.44. The number of carbonyl (C=O) groups is 2.